The fraction of sp³-hybridized carbons (Fsp3) is 0.253. The van der Waals surface area contributed by atoms with E-state index in [2.05, 4.69) is 143 Å². The minimum atomic E-state index is -0.144. The third kappa shape index (κ3) is 19.2. The number of nitrogens with zero attached hydrogens (tertiary/aromatic N) is 13. The number of likely N-dealkylation sites (tertiary alicyclic amines) is 3. The van der Waals surface area contributed by atoms with Crippen molar-refractivity contribution in [2.45, 2.75) is 78.7 Å². The summed E-state index contributed by atoms with van der Waals surface area (Å²) in [5.74, 6) is 4.04. The highest BCUT2D eigenvalue weighted by atomic mass is 35.5. The molecule has 0 unspecified atom stereocenters. The van der Waals surface area contributed by atoms with Gasteiger partial charge in [-0.15, -0.1) is 26.6 Å². The number of anilines is 6. The van der Waals surface area contributed by atoms with E-state index in [0.29, 0.717) is 41.6 Å². The molecule has 3 aliphatic heterocycles. The Labute approximate surface area is 672 Å². The summed E-state index contributed by atoms with van der Waals surface area (Å²) in [7, 11) is 0. The molecular formula is C91H92ClN17O4S. The minimum Gasteiger partial charge on any atom is -0.492 e. The number of rotatable bonds is 26. The second-order valence-electron chi connectivity index (χ2n) is 29.1. The van der Waals surface area contributed by atoms with Crippen LogP contribution in [0.2, 0.25) is 5.02 Å². The highest BCUT2D eigenvalue weighted by Gasteiger charge is 2.20. The monoisotopic (exact) mass is 1550 g/mol. The van der Waals surface area contributed by atoms with E-state index in [9.17, 15) is 4.79 Å². The Bertz CT molecular complexity index is 5700. The molecule has 3 saturated heterocycles. The van der Waals surface area contributed by atoms with Gasteiger partial charge in [0.1, 0.15) is 30.5 Å². The van der Waals surface area contributed by atoms with Crippen molar-refractivity contribution in [3.05, 3.63) is 275 Å². The van der Waals surface area contributed by atoms with Crippen molar-refractivity contribution in [2.75, 3.05) is 88.1 Å². The number of pyridine rings is 3. The van der Waals surface area contributed by atoms with E-state index in [1.807, 2.05) is 186 Å². The van der Waals surface area contributed by atoms with Crippen LogP contribution in [0.4, 0.5) is 34.9 Å². The summed E-state index contributed by atoms with van der Waals surface area (Å²) < 4.78 is 22.8. The average Bonchev–Trinajstić information content (AvgIpc) is 1.67. The number of amides is 1. The largest absolute Gasteiger partial charge is 0.492 e. The number of aryl methyl sites for hydroxylation is 4. The third-order valence-corrected chi connectivity index (χ3v) is 22.2. The summed E-state index contributed by atoms with van der Waals surface area (Å²) in [6, 6.07) is 78.7. The third-order valence-electron chi connectivity index (χ3n) is 20.8. The van der Waals surface area contributed by atoms with E-state index >= 15 is 0 Å². The van der Waals surface area contributed by atoms with Gasteiger partial charge in [0.05, 0.1) is 22.8 Å². The van der Waals surface area contributed by atoms with Crippen LogP contribution >= 0.6 is 22.9 Å². The number of carbonyl (C=O) groups is 1. The van der Waals surface area contributed by atoms with E-state index in [4.69, 9.17) is 45.9 Å². The maximum atomic E-state index is 12.9. The molecule has 18 rings (SSSR count). The van der Waals surface area contributed by atoms with Gasteiger partial charge >= 0.3 is 0 Å². The standard InChI is InChI=1S/C33H33ClN6O.C29H30N6O2.C29H29N5OS/c34-28-15-11-25(12-16-28)23-35-32(41)27-8-3-7-26(22-27)30-9-4-10-31-37-33(38-40(30)31)36-29-17-13-24(14-18-29)6-5-21-39-19-1-2-20-39;1-20-28(21(2)37-33-20)23-8-5-7-22(19-23)26-9-6-10-27-31-29(32-35(26)27)30-24-11-13-25(14-12-24)36-18-17-34-15-3-4-16-34;1-21-10-15-27(36-21)23-7-4-6-22(20-23)26-8-5-9-28-31-29(32-34(26)28)30-24-11-13-25(14-12-24)35-19-18-33-16-2-3-17-33/h3-4,7-18,22H,1-2,5-6,19-21,23H2,(H,35,41)(H,36,38);5-14,19H,3-4,15-18H2,1-2H3,(H,30,32);4-15,20H,2-3,16-19H2,1H3,(H,30,32). The molecule has 4 N–H and O–H groups in total. The zero-order valence-electron chi connectivity index (χ0n) is 64.4. The summed E-state index contributed by atoms with van der Waals surface area (Å²) in [5, 5.41) is 32.0. The Morgan fingerprint density at radius 3 is 1.36 bits per heavy atom. The summed E-state index contributed by atoms with van der Waals surface area (Å²) in [6.07, 6.45) is 10.2. The molecule has 0 bridgehead atoms. The number of nitrogens with one attached hydrogen (secondary N) is 4. The number of benzene rings is 7. The molecule has 15 aromatic rings. The van der Waals surface area contributed by atoms with E-state index in [1.54, 1.807) is 4.52 Å². The van der Waals surface area contributed by atoms with Crippen LogP contribution in [0.1, 0.15) is 82.8 Å². The van der Waals surface area contributed by atoms with Gasteiger partial charge in [-0.1, -0.05) is 108 Å². The second-order valence-corrected chi connectivity index (χ2v) is 30.8. The van der Waals surface area contributed by atoms with Gasteiger partial charge in [-0.2, -0.15) is 15.0 Å². The van der Waals surface area contributed by atoms with E-state index in [1.165, 1.54) is 112 Å². The molecule has 0 saturated carbocycles. The molecule has 0 radical (unpaired) electrons. The Kier molecular flexibility index (Phi) is 24.1. The maximum Gasteiger partial charge on any atom is 0.251 e. The molecule has 11 heterocycles. The molecular weight excluding hydrogens is 1460 g/mol. The number of aromatic nitrogens is 10. The van der Waals surface area contributed by atoms with Crippen molar-refractivity contribution in [1.82, 2.24) is 69.0 Å². The van der Waals surface area contributed by atoms with E-state index < -0.39 is 0 Å². The van der Waals surface area contributed by atoms with Crippen molar-refractivity contribution in [2.24, 2.45) is 0 Å². The van der Waals surface area contributed by atoms with Crippen molar-refractivity contribution < 1.29 is 18.8 Å². The van der Waals surface area contributed by atoms with Crippen LogP contribution in [0.3, 0.4) is 0 Å². The van der Waals surface area contributed by atoms with Crippen LogP contribution in [-0.4, -0.2) is 142 Å². The quantitative estimate of drug-likeness (QED) is 0.0397. The summed E-state index contributed by atoms with van der Waals surface area (Å²) in [6.45, 7) is 18.3. The molecule has 3 aliphatic rings. The van der Waals surface area contributed by atoms with Gasteiger partial charge in [0.15, 0.2) is 16.9 Å². The molecule has 578 valence electrons. The Morgan fingerprint density at radius 1 is 0.456 bits per heavy atom. The molecule has 0 spiro atoms. The van der Waals surface area contributed by atoms with Gasteiger partial charge in [0, 0.05) is 79.3 Å². The maximum absolute atomic E-state index is 12.9. The first-order valence-corrected chi connectivity index (χ1v) is 40.6. The molecule has 7 aromatic carbocycles. The van der Waals surface area contributed by atoms with Crippen LogP contribution in [0.5, 0.6) is 11.5 Å². The molecule has 0 atom stereocenters. The summed E-state index contributed by atoms with van der Waals surface area (Å²) in [4.78, 5) is 37.0. The number of halogens is 1. The van der Waals surface area contributed by atoms with Gasteiger partial charge in [0.2, 0.25) is 17.8 Å². The predicted octanol–water partition coefficient (Wildman–Crippen LogP) is 19.3. The van der Waals surface area contributed by atoms with Gasteiger partial charge in [-0.25, -0.2) is 13.5 Å². The van der Waals surface area contributed by atoms with Crippen molar-refractivity contribution in [3.8, 4) is 66.8 Å². The fourth-order valence-electron chi connectivity index (χ4n) is 14.9. The van der Waals surface area contributed by atoms with Crippen molar-refractivity contribution in [3.63, 3.8) is 0 Å². The van der Waals surface area contributed by atoms with Gasteiger partial charge in [0.25, 0.3) is 5.91 Å². The lowest BCUT2D eigenvalue weighted by Crippen LogP contribution is -2.25. The second kappa shape index (κ2) is 36.2. The molecule has 3 fully saturated rings. The van der Waals surface area contributed by atoms with Crippen LogP contribution in [0.15, 0.2) is 241 Å². The fourth-order valence-corrected chi connectivity index (χ4v) is 15.9. The predicted molar refractivity (Wildman–Crippen MR) is 456 cm³/mol. The highest BCUT2D eigenvalue weighted by molar-refractivity contribution is 7.15. The van der Waals surface area contributed by atoms with Crippen molar-refractivity contribution in [1.29, 1.82) is 0 Å². The molecule has 21 nitrogen and oxygen atoms in total. The SMILES string of the molecule is Cc1ccc(-c2cccc(-c3cccc4nc(Nc5ccc(OCCN6CCCC6)cc5)nn34)c2)s1.Cc1noc(C)c1-c1cccc(-c2cccc3nc(Nc4ccc(OCCN5CCCC5)cc4)nn23)c1.O=C(NCc1ccc(Cl)cc1)c1cccc(-c2cccc3nc(Nc4ccc(CCCN5CCCC5)cc4)nn23)c1. The van der Waals surface area contributed by atoms with Crippen LogP contribution < -0.4 is 30.7 Å². The Hall–Kier alpha value is -12.1. The number of thiophene rings is 1. The molecule has 0 aliphatic carbocycles. The molecule has 1 amide bonds. The molecule has 8 aromatic heterocycles. The number of ether oxygens (including phenoxy) is 2. The Balaban J connectivity index is 0.000000129. The first-order valence-electron chi connectivity index (χ1n) is 39.4. The number of carbonyl (C=O) groups excluding carboxylic acids is 1. The lowest BCUT2D eigenvalue weighted by atomic mass is 10.0. The van der Waals surface area contributed by atoms with Gasteiger partial charge in [-0.05, 0) is 286 Å². The first-order chi connectivity index (χ1) is 55.9. The van der Waals surface area contributed by atoms with Gasteiger partial charge < -0.3 is 40.2 Å². The number of hydrogen-bond donors (Lipinski definition) is 4. The van der Waals surface area contributed by atoms with Crippen LogP contribution in [0, 0.1) is 20.8 Å². The lowest BCUT2D eigenvalue weighted by molar-refractivity contribution is 0.0951. The Morgan fingerprint density at radius 2 is 0.886 bits per heavy atom. The van der Waals surface area contributed by atoms with Crippen LogP contribution in [-0.2, 0) is 13.0 Å². The van der Waals surface area contributed by atoms with Crippen LogP contribution in [0.25, 0.3) is 72.3 Å². The zero-order chi connectivity index (χ0) is 77.5. The number of fused-ring (bicyclic) bond motifs is 3. The average molecular weight is 1560 g/mol. The summed E-state index contributed by atoms with van der Waals surface area (Å²) in [5.41, 5.74) is 18.0. The normalized spacial score (nSPS) is 13.8. The van der Waals surface area contributed by atoms with Crippen molar-refractivity contribution >= 4 is 80.7 Å². The lowest BCUT2D eigenvalue weighted by Gasteiger charge is -2.15. The molecule has 114 heavy (non-hydrogen) atoms. The van der Waals surface area contributed by atoms with E-state index in [-0.39, 0.29) is 5.91 Å². The smallest absolute Gasteiger partial charge is 0.251 e. The highest BCUT2D eigenvalue weighted by Crippen LogP contribution is 2.35. The minimum absolute atomic E-state index is 0.144. The summed E-state index contributed by atoms with van der Waals surface area (Å²) >= 11 is 7.77. The zero-order valence-corrected chi connectivity index (χ0v) is 66.0. The molecule has 23 heteroatoms. The first kappa shape index (κ1) is 76.0. The number of hydrogen-bond acceptors (Lipinski definition) is 18. The van der Waals surface area contributed by atoms with E-state index in [0.717, 1.165) is 134 Å². The topological polar surface area (TPSA) is 210 Å². The van der Waals surface area contributed by atoms with Gasteiger partial charge in [-0.3, -0.25) is 14.6 Å².